The summed E-state index contributed by atoms with van der Waals surface area (Å²) in [4.78, 5) is 11.8. The van der Waals surface area contributed by atoms with E-state index in [2.05, 4.69) is 10.6 Å². The third-order valence-corrected chi connectivity index (χ3v) is 3.63. The molecule has 1 saturated heterocycles. The number of alkyl halides is 3. The van der Waals surface area contributed by atoms with Crippen molar-refractivity contribution in [1.29, 1.82) is 0 Å². The Hall–Kier alpha value is -1.56. The summed E-state index contributed by atoms with van der Waals surface area (Å²) < 4.78 is 37.2. The Morgan fingerprint density at radius 2 is 1.95 bits per heavy atom. The maximum absolute atomic E-state index is 12.4. The zero-order valence-electron chi connectivity index (χ0n) is 11.7. The fourth-order valence-electron chi connectivity index (χ4n) is 2.44. The summed E-state index contributed by atoms with van der Waals surface area (Å²) in [6.07, 6.45) is 0.209. The summed E-state index contributed by atoms with van der Waals surface area (Å²) in [7, 11) is 0. The lowest BCUT2D eigenvalue weighted by atomic mass is 10.0. The molecule has 1 unspecified atom stereocenters. The number of amides is 1. The normalized spacial score (nSPS) is 19.3. The monoisotopic (exact) mass is 300 g/mol. The van der Waals surface area contributed by atoms with Gasteiger partial charge in [0.25, 0.3) is 0 Å². The Bertz CT molecular complexity index is 465. The van der Waals surface area contributed by atoms with Gasteiger partial charge in [-0.15, -0.1) is 0 Å². The molecule has 2 N–H and O–H groups in total. The van der Waals surface area contributed by atoms with Crippen molar-refractivity contribution >= 4 is 11.6 Å². The molecule has 116 valence electrons. The molecule has 1 aliphatic rings. The van der Waals surface area contributed by atoms with E-state index in [1.165, 1.54) is 25.0 Å². The van der Waals surface area contributed by atoms with Crippen molar-refractivity contribution in [3.8, 4) is 0 Å². The fourth-order valence-corrected chi connectivity index (χ4v) is 2.44. The van der Waals surface area contributed by atoms with Crippen LogP contribution in [0.15, 0.2) is 24.3 Å². The average Bonchev–Trinajstić information content (AvgIpc) is 2.46. The van der Waals surface area contributed by atoms with Crippen molar-refractivity contribution in [1.82, 2.24) is 5.32 Å². The largest absolute Gasteiger partial charge is 0.416 e. The Morgan fingerprint density at radius 3 is 2.52 bits per heavy atom. The average molecular weight is 300 g/mol. The van der Waals surface area contributed by atoms with Crippen LogP contribution in [0.1, 0.15) is 37.7 Å². The maximum Gasteiger partial charge on any atom is 0.416 e. The first kappa shape index (κ1) is 15.8. The van der Waals surface area contributed by atoms with Crippen LogP contribution in [0.2, 0.25) is 0 Å². The van der Waals surface area contributed by atoms with Crippen LogP contribution in [0, 0.1) is 0 Å². The van der Waals surface area contributed by atoms with Crippen LogP contribution in [0.3, 0.4) is 0 Å². The van der Waals surface area contributed by atoms with Crippen molar-refractivity contribution in [2.75, 3.05) is 11.9 Å². The highest BCUT2D eigenvalue weighted by atomic mass is 19.4. The highest BCUT2D eigenvalue weighted by molar-refractivity contribution is 5.90. The van der Waals surface area contributed by atoms with Crippen LogP contribution >= 0.6 is 0 Å². The summed E-state index contributed by atoms with van der Waals surface area (Å²) in [6.45, 7) is 0.991. The van der Waals surface area contributed by atoms with E-state index in [0.29, 0.717) is 18.2 Å². The molecule has 1 aromatic carbocycles. The predicted molar refractivity (Wildman–Crippen MR) is 74.9 cm³/mol. The fraction of sp³-hybridized carbons (Fsp3) is 0.533. The molecule has 0 radical (unpaired) electrons. The molecule has 1 atom stereocenters. The molecule has 1 fully saturated rings. The summed E-state index contributed by atoms with van der Waals surface area (Å²) in [5.41, 5.74) is -0.323. The zero-order chi connectivity index (χ0) is 15.3. The number of nitrogens with one attached hydrogen (secondary N) is 2. The van der Waals surface area contributed by atoms with Crippen LogP contribution in [0.25, 0.3) is 0 Å². The van der Waals surface area contributed by atoms with Crippen molar-refractivity contribution in [2.24, 2.45) is 0 Å². The van der Waals surface area contributed by atoms with Gasteiger partial charge < -0.3 is 10.6 Å². The zero-order valence-corrected chi connectivity index (χ0v) is 11.7. The molecule has 1 heterocycles. The quantitative estimate of drug-likeness (QED) is 0.892. The Labute approximate surface area is 121 Å². The molecule has 0 saturated carbocycles. The Kier molecular flexibility index (Phi) is 5.22. The molecule has 21 heavy (non-hydrogen) atoms. The van der Waals surface area contributed by atoms with Gasteiger partial charge in [-0.2, -0.15) is 13.2 Å². The van der Waals surface area contributed by atoms with E-state index in [9.17, 15) is 18.0 Å². The van der Waals surface area contributed by atoms with Gasteiger partial charge in [0.1, 0.15) is 0 Å². The molecule has 1 aromatic rings. The molecule has 0 bridgehead atoms. The van der Waals surface area contributed by atoms with Crippen LogP contribution in [-0.4, -0.2) is 18.5 Å². The lowest BCUT2D eigenvalue weighted by Gasteiger charge is -2.23. The molecule has 2 rings (SSSR count). The summed E-state index contributed by atoms with van der Waals surface area (Å²) >= 11 is 0. The molecular weight excluding hydrogens is 281 g/mol. The van der Waals surface area contributed by atoms with E-state index in [0.717, 1.165) is 31.5 Å². The minimum Gasteiger partial charge on any atom is -0.326 e. The van der Waals surface area contributed by atoms with Gasteiger partial charge in [0.15, 0.2) is 0 Å². The van der Waals surface area contributed by atoms with Crippen molar-refractivity contribution < 1.29 is 18.0 Å². The maximum atomic E-state index is 12.4. The minimum atomic E-state index is -4.35. The van der Waals surface area contributed by atoms with Gasteiger partial charge in [0, 0.05) is 18.2 Å². The second kappa shape index (κ2) is 6.93. The Balaban J connectivity index is 1.79. The van der Waals surface area contributed by atoms with Gasteiger partial charge in [-0.25, -0.2) is 0 Å². The van der Waals surface area contributed by atoms with Crippen LogP contribution < -0.4 is 10.6 Å². The first-order chi connectivity index (χ1) is 9.95. The van der Waals surface area contributed by atoms with Crippen molar-refractivity contribution in [2.45, 2.75) is 44.3 Å². The highest BCUT2D eigenvalue weighted by Gasteiger charge is 2.29. The predicted octanol–water partition coefficient (Wildman–Crippen LogP) is 3.57. The molecule has 1 aliphatic heterocycles. The molecule has 6 heteroatoms. The minimum absolute atomic E-state index is 0.165. The van der Waals surface area contributed by atoms with Gasteiger partial charge in [-0.05, 0) is 50.1 Å². The number of rotatable bonds is 4. The first-order valence-electron chi connectivity index (χ1n) is 7.15. The SMILES string of the molecule is O=C(CCC1CCCCN1)Nc1ccc(C(F)(F)F)cc1. The van der Waals surface area contributed by atoms with E-state index < -0.39 is 11.7 Å². The molecule has 1 amide bonds. The summed E-state index contributed by atoms with van der Waals surface area (Å²) in [6, 6.07) is 4.87. The second-order valence-corrected chi connectivity index (χ2v) is 5.31. The van der Waals surface area contributed by atoms with Gasteiger partial charge in [-0.3, -0.25) is 4.79 Å². The number of piperidine rings is 1. The molecule has 0 aromatic heterocycles. The third kappa shape index (κ3) is 5.04. The van der Waals surface area contributed by atoms with E-state index in [1.54, 1.807) is 0 Å². The van der Waals surface area contributed by atoms with Crippen LogP contribution in [-0.2, 0) is 11.0 Å². The van der Waals surface area contributed by atoms with E-state index >= 15 is 0 Å². The number of carbonyl (C=O) groups is 1. The van der Waals surface area contributed by atoms with E-state index in [-0.39, 0.29) is 5.91 Å². The van der Waals surface area contributed by atoms with E-state index in [1.807, 2.05) is 0 Å². The Morgan fingerprint density at radius 1 is 1.24 bits per heavy atom. The van der Waals surface area contributed by atoms with Gasteiger partial charge in [0.05, 0.1) is 5.56 Å². The highest BCUT2D eigenvalue weighted by Crippen LogP contribution is 2.29. The number of benzene rings is 1. The van der Waals surface area contributed by atoms with Crippen LogP contribution in [0.5, 0.6) is 0 Å². The van der Waals surface area contributed by atoms with Gasteiger partial charge in [0.2, 0.25) is 5.91 Å². The van der Waals surface area contributed by atoms with Crippen molar-refractivity contribution in [3.05, 3.63) is 29.8 Å². The summed E-state index contributed by atoms with van der Waals surface area (Å²) in [5, 5.41) is 5.98. The van der Waals surface area contributed by atoms with Gasteiger partial charge in [-0.1, -0.05) is 6.42 Å². The topological polar surface area (TPSA) is 41.1 Å². The number of carbonyl (C=O) groups excluding carboxylic acids is 1. The molecule has 0 spiro atoms. The third-order valence-electron chi connectivity index (χ3n) is 3.63. The number of hydrogen-bond donors (Lipinski definition) is 2. The van der Waals surface area contributed by atoms with Crippen molar-refractivity contribution in [3.63, 3.8) is 0 Å². The lowest BCUT2D eigenvalue weighted by Crippen LogP contribution is -2.34. The number of anilines is 1. The smallest absolute Gasteiger partial charge is 0.326 e. The number of hydrogen-bond acceptors (Lipinski definition) is 2. The second-order valence-electron chi connectivity index (χ2n) is 5.31. The van der Waals surface area contributed by atoms with Crippen LogP contribution in [0.4, 0.5) is 18.9 Å². The summed E-state index contributed by atoms with van der Waals surface area (Å²) in [5.74, 6) is -0.165. The van der Waals surface area contributed by atoms with E-state index in [4.69, 9.17) is 0 Å². The first-order valence-corrected chi connectivity index (χ1v) is 7.15. The molecule has 0 aliphatic carbocycles. The molecular formula is C15H19F3N2O. The van der Waals surface area contributed by atoms with Gasteiger partial charge >= 0.3 is 6.18 Å². The lowest BCUT2D eigenvalue weighted by molar-refractivity contribution is -0.137. The standard InChI is InChI=1S/C15H19F3N2O/c16-15(17,18)11-4-6-13(7-5-11)20-14(21)9-8-12-3-1-2-10-19-12/h4-7,12,19H,1-3,8-10H2,(H,20,21). The molecule has 3 nitrogen and oxygen atoms in total. The number of halogens is 3.